The Hall–Kier alpha value is -1.20. The summed E-state index contributed by atoms with van der Waals surface area (Å²) >= 11 is 0. The van der Waals surface area contributed by atoms with Gasteiger partial charge in [-0.3, -0.25) is 0 Å². The number of hydrogen-bond donors (Lipinski definition) is 0. The summed E-state index contributed by atoms with van der Waals surface area (Å²) in [7, 11) is 4.28. The van der Waals surface area contributed by atoms with Crippen molar-refractivity contribution in [3.63, 3.8) is 0 Å². The molecular formula is C15H24N4O. The van der Waals surface area contributed by atoms with Crippen LogP contribution < -0.4 is 4.90 Å². The molecule has 0 N–H and O–H groups in total. The first kappa shape index (κ1) is 13.8. The Bertz CT molecular complexity index is 459. The van der Waals surface area contributed by atoms with Gasteiger partial charge in [0, 0.05) is 45.3 Å². The second-order valence-corrected chi connectivity index (χ2v) is 5.98. The summed E-state index contributed by atoms with van der Waals surface area (Å²) in [6.45, 7) is 3.86. The maximum atomic E-state index is 5.84. The monoisotopic (exact) mass is 276 g/mol. The molecule has 1 aromatic rings. The smallest absolute Gasteiger partial charge is 0.136 e. The largest absolute Gasteiger partial charge is 0.376 e. The molecule has 1 atom stereocenters. The lowest BCUT2D eigenvalue weighted by Crippen LogP contribution is -2.36. The highest BCUT2D eigenvalue weighted by atomic mass is 16.5. The van der Waals surface area contributed by atoms with Crippen LogP contribution in [0.1, 0.15) is 30.5 Å². The number of rotatable bonds is 3. The molecule has 3 rings (SSSR count). The van der Waals surface area contributed by atoms with Gasteiger partial charge in [-0.25, -0.2) is 9.97 Å². The van der Waals surface area contributed by atoms with Crippen LogP contribution in [0.3, 0.4) is 0 Å². The van der Waals surface area contributed by atoms with Crippen molar-refractivity contribution in [3.8, 4) is 0 Å². The van der Waals surface area contributed by atoms with Crippen molar-refractivity contribution < 1.29 is 4.74 Å². The molecule has 1 aromatic heterocycles. The van der Waals surface area contributed by atoms with E-state index < -0.39 is 0 Å². The minimum atomic E-state index is 0.348. The van der Waals surface area contributed by atoms with E-state index in [-0.39, 0.29) is 0 Å². The third-order valence-electron chi connectivity index (χ3n) is 4.28. The van der Waals surface area contributed by atoms with Gasteiger partial charge in [0.05, 0.1) is 11.8 Å². The van der Waals surface area contributed by atoms with Crippen molar-refractivity contribution in [1.82, 2.24) is 14.9 Å². The SMILES string of the molecule is CN1CCc2ncnc(N(C)C[C@H]3CCCCO3)c2C1. The van der Waals surface area contributed by atoms with Gasteiger partial charge in [0.1, 0.15) is 12.1 Å². The van der Waals surface area contributed by atoms with Crippen molar-refractivity contribution in [2.45, 2.75) is 38.3 Å². The van der Waals surface area contributed by atoms with Crippen LogP contribution in [0.5, 0.6) is 0 Å². The molecule has 0 saturated carbocycles. The topological polar surface area (TPSA) is 41.5 Å². The maximum Gasteiger partial charge on any atom is 0.136 e. The second-order valence-electron chi connectivity index (χ2n) is 5.98. The van der Waals surface area contributed by atoms with Crippen LogP contribution in [-0.4, -0.2) is 54.8 Å². The zero-order chi connectivity index (χ0) is 13.9. The van der Waals surface area contributed by atoms with Gasteiger partial charge in [-0.05, 0) is 26.3 Å². The Morgan fingerprint density at radius 3 is 3.10 bits per heavy atom. The number of anilines is 1. The molecule has 1 saturated heterocycles. The molecular weight excluding hydrogens is 252 g/mol. The number of ether oxygens (including phenoxy) is 1. The number of nitrogens with zero attached hydrogens (tertiary/aromatic N) is 4. The first-order valence-corrected chi connectivity index (χ1v) is 7.58. The minimum absolute atomic E-state index is 0.348. The fourth-order valence-electron chi connectivity index (χ4n) is 3.13. The van der Waals surface area contributed by atoms with Crippen LogP contribution >= 0.6 is 0 Å². The summed E-state index contributed by atoms with van der Waals surface area (Å²) < 4.78 is 5.84. The van der Waals surface area contributed by atoms with Crippen molar-refractivity contribution in [1.29, 1.82) is 0 Å². The van der Waals surface area contributed by atoms with Gasteiger partial charge < -0.3 is 14.5 Å². The summed E-state index contributed by atoms with van der Waals surface area (Å²) in [5, 5.41) is 0. The number of hydrogen-bond acceptors (Lipinski definition) is 5. The maximum absolute atomic E-state index is 5.84. The Morgan fingerprint density at radius 2 is 2.30 bits per heavy atom. The van der Waals surface area contributed by atoms with E-state index in [0.29, 0.717) is 6.10 Å². The normalized spacial score (nSPS) is 23.4. The predicted molar refractivity (Wildman–Crippen MR) is 78.9 cm³/mol. The Morgan fingerprint density at radius 1 is 1.40 bits per heavy atom. The van der Waals surface area contributed by atoms with Crippen LogP contribution in [0.15, 0.2) is 6.33 Å². The van der Waals surface area contributed by atoms with E-state index in [1.807, 2.05) is 0 Å². The Balaban J connectivity index is 1.75. The molecule has 1 fully saturated rings. The van der Waals surface area contributed by atoms with E-state index in [4.69, 9.17) is 4.74 Å². The Kier molecular flexibility index (Phi) is 4.17. The molecule has 0 radical (unpaired) electrons. The highest BCUT2D eigenvalue weighted by Gasteiger charge is 2.23. The van der Waals surface area contributed by atoms with E-state index in [9.17, 15) is 0 Å². The third-order valence-corrected chi connectivity index (χ3v) is 4.28. The van der Waals surface area contributed by atoms with Gasteiger partial charge in [-0.15, -0.1) is 0 Å². The summed E-state index contributed by atoms with van der Waals surface area (Å²) in [4.78, 5) is 13.6. The van der Waals surface area contributed by atoms with Crippen LogP contribution in [-0.2, 0) is 17.7 Å². The second kappa shape index (κ2) is 6.06. The molecule has 2 aliphatic heterocycles. The number of likely N-dealkylation sites (N-methyl/N-ethyl adjacent to an activating group) is 2. The van der Waals surface area contributed by atoms with Crippen molar-refractivity contribution in [2.24, 2.45) is 0 Å². The molecule has 0 unspecified atom stereocenters. The average molecular weight is 276 g/mol. The first-order chi connectivity index (χ1) is 9.74. The average Bonchev–Trinajstić information content (AvgIpc) is 2.47. The molecule has 110 valence electrons. The molecule has 0 spiro atoms. The summed E-state index contributed by atoms with van der Waals surface area (Å²) in [6, 6.07) is 0. The zero-order valence-electron chi connectivity index (χ0n) is 12.5. The lowest BCUT2D eigenvalue weighted by atomic mass is 10.1. The highest BCUT2D eigenvalue weighted by molar-refractivity contribution is 5.48. The van der Waals surface area contributed by atoms with Crippen molar-refractivity contribution in [2.75, 3.05) is 38.7 Å². The fraction of sp³-hybridized carbons (Fsp3) is 0.733. The number of fused-ring (bicyclic) bond motifs is 1. The van der Waals surface area contributed by atoms with Gasteiger partial charge in [0.15, 0.2) is 0 Å². The molecule has 20 heavy (non-hydrogen) atoms. The van der Waals surface area contributed by atoms with Gasteiger partial charge in [0.2, 0.25) is 0 Å². The van der Waals surface area contributed by atoms with Gasteiger partial charge in [0.25, 0.3) is 0 Å². The van der Waals surface area contributed by atoms with Crippen LogP contribution in [0.4, 0.5) is 5.82 Å². The van der Waals surface area contributed by atoms with Crippen LogP contribution in [0.25, 0.3) is 0 Å². The van der Waals surface area contributed by atoms with Crippen LogP contribution in [0, 0.1) is 0 Å². The molecule has 3 heterocycles. The zero-order valence-corrected chi connectivity index (χ0v) is 12.5. The quantitative estimate of drug-likeness (QED) is 0.836. The molecule has 0 bridgehead atoms. The molecule has 5 nitrogen and oxygen atoms in total. The van der Waals surface area contributed by atoms with E-state index in [1.54, 1.807) is 6.33 Å². The third kappa shape index (κ3) is 2.94. The molecule has 0 amide bonds. The molecule has 2 aliphatic rings. The van der Waals surface area contributed by atoms with Crippen LogP contribution in [0.2, 0.25) is 0 Å². The first-order valence-electron chi connectivity index (χ1n) is 7.58. The summed E-state index contributed by atoms with van der Waals surface area (Å²) in [5.41, 5.74) is 2.50. The number of aromatic nitrogens is 2. The molecule has 0 aromatic carbocycles. The van der Waals surface area contributed by atoms with E-state index in [2.05, 4.69) is 33.9 Å². The molecule has 0 aliphatic carbocycles. The van der Waals surface area contributed by atoms with Gasteiger partial charge in [-0.1, -0.05) is 0 Å². The van der Waals surface area contributed by atoms with Crippen molar-refractivity contribution in [3.05, 3.63) is 17.6 Å². The minimum Gasteiger partial charge on any atom is -0.376 e. The molecule has 5 heteroatoms. The summed E-state index contributed by atoms with van der Waals surface area (Å²) in [5.74, 6) is 1.08. The summed E-state index contributed by atoms with van der Waals surface area (Å²) in [6.07, 6.45) is 6.72. The highest BCUT2D eigenvalue weighted by Crippen LogP contribution is 2.25. The Labute approximate surface area is 121 Å². The van der Waals surface area contributed by atoms with Gasteiger partial charge in [-0.2, -0.15) is 0 Å². The van der Waals surface area contributed by atoms with Crippen molar-refractivity contribution >= 4 is 5.82 Å². The predicted octanol–water partition coefficient (Wildman–Crippen LogP) is 1.47. The van der Waals surface area contributed by atoms with Gasteiger partial charge >= 0.3 is 0 Å². The van der Waals surface area contributed by atoms with E-state index in [0.717, 1.165) is 44.9 Å². The standard InChI is InChI=1S/C15H24N4O/c1-18-7-6-14-13(10-18)15(17-11-16-14)19(2)9-12-5-3-4-8-20-12/h11-12H,3-10H2,1-2H3/t12-/m1/s1. The lowest BCUT2D eigenvalue weighted by Gasteiger charge is -2.31. The van der Waals surface area contributed by atoms with E-state index in [1.165, 1.54) is 24.1 Å². The fourth-order valence-corrected chi connectivity index (χ4v) is 3.13. The van der Waals surface area contributed by atoms with E-state index >= 15 is 0 Å². The lowest BCUT2D eigenvalue weighted by molar-refractivity contribution is 0.0215.